The Morgan fingerprint density at radius 3 is 3.00 bits per heavy atom. The molecular weight excluding hydrogens is 248 g/mol. The van der Waals surface area contributed by atoms with Crippen LogP contribution in [0.15, 0.2) is 28.7 Å². The first-order valence-corrected chi connectivity index (χ1v) is 5.51. The molecule has 2 aromatic heterocycles. The highest BCUT2D eigenvalue weighted by Gasteiger charge is 2.15. The van der Waals surface area contributed by atoms with Gasteiger partial charge >= 0.3 is 6.55 Å². The summed E-state index contributed by atoms with van der Waals surface area (Å²) in [5, 5.41) is 8.91. The fraction of sp³-hybridized carbons (Fsp3) is 0.222. The number of rotatable bonds is 4. The first-order chi connectivity index (χ1) is 8.22. The summed E-state index contributed by atoms with van der Waals surface area (Å²) in [6.07, 6.45) is 0. The summed E-state index contributed by atoms with van der Waals surface area (Å²) >= 11 is 1.41. The van der Waals surface area contributed by atoms with Crippen molar-refractivity contribution in [2.24, 2.45) is 5.11 Å². The van der Waals surface area contributed by atoms with E-state index in [9.17, 15) is 8.78 Å². The van der Waals surface area contributed by atoms with E-state index in [2.05, 4.69) is 15.1 Å². The van der Waals surface area contributed by atoms with Gasteiger partial charge in [-0.05, 0) is 23.0 Å². The molecule has 0 atom stereocenters. The maximum Gasteiger partial charge on any atom is 0.333 e. The lowest BCUT2D eigenvalue weighted by Crippen LogP contribution is -2.04. The smallest absolute Gasteiger partial charge is 0.208 e. The molecule has 0 aromatic carbocycles. The number of aromatic nitrogens is 2. The van der Waals surface area contributed by atoms with E-state index >= 15 is 0 Å². The topological polar surface area (TPSA) is 66.6 Å². The fourth-order valence-corrected chi connectivity index (χ4v) is 2.05. The predicted octanol–water partition coefficient (Wildman–Crippen LogP) is 3.82. The minimum atomic E-state index is -2.74. The highest BCUT2D eigenvalue weighted by atomic mass is 32.1. The Hall–Kier alpha value is -1.92. The first kappa shape index (κ1) is 11.6. The minimum absolute atomic E-state index is 0.140. The molecule has 0 unspecified atom stereocenters. The molecule has 0 saturated heterocycles. The number of hydrogen-bond acceptors (Lipinski definition) is 3. The third-order valence-corrected chi connectivity index (χ3v) is 2.96. The van der Waals surface area contributed by atoms with Crippen molar-refractivity contribution in [1.82, 2.24) is 9.78 Å². The second-order valence-electron chi connectivity index (χ2n) is 3.11. The third kappa shape index (κ3) is 2.43. The molecule has 0 spiro atoms. The maximum absolute atomic E-state index is 12.7. The van der Waals surface area contributed by atoms with Gasteiger partial charge in [-0.2, -0.15) is 13.9 Å². The summed E-state index contributed by atoms with van der Waals surface area (Å²) in [6, 6.07) is 5.11. The summed E-state index contributed by atoms with van der Waals surface area (Å²) in [5.41, 5.74) is 8.85. The Balaban J connectivity index is 2.40. The van der Waals surface area contributed by atoms with Gasteiger partial charge < -0.3 is 0 Å². The van der Waals surface area contributed by atoms with E-state index in [0.717, 1.165) is 4.88 Å². The normalized spacial score (nSPS) is 10.5. The number of halogens is 2. The van der Waals surface area contributed by atoms with E-state index in [1.807, 2.05) is 11.4 Å². The van der Waals surface area contributed by atoms with Crippen molar-refractivity contribution in [2.45, 2.75) is 13.1 Å². The monoisotopic (exact) mass is 255 g/mol. The van der Waals surface area contributed by atoms with E-state index in [1.54, 1.807) is 6.07 Å². The molecule has 0 N–H and O–H groups in total. The molecule has 0 amide bonds. The van der Waals surface area contributed by atoms with Gasteiger partial charge in [0.25, 0.3) is 0 Å². The Morgan fingerprint density at radius 1 is 1.59 bits per heavy atom. The molecule has 0 fully saturated rings. The molecule has 0 radical (unpaired) electrons. The average Bonchev–Trinajstić information content (AvgIpc) is 2.94. The molecule has 17 heavy (non-hydrogen) atoms. The molecule has 88 valence electrons. The Kier molecular flexibility index (Phi) is 3.36. The number of nitrogens with zero attached hydrogens (tertiary/aromatic N) is 5. The zero-order valence-electron chi connectivity index (χ0n) is 8.49. The Bertz CT molecular complexity index is 542. The van der Waals surface area contributed by atoms with Crippen LogP contribution in [0, 0.1) is 0 Å². The largest absolute Gasteiger partial charge is 0.333 e. The number of azide groups is 1. The minimum Gasteiger partial charge on any atom is -0.208 e. The van der Waals surface area contributed by atoms with E-state index in [0.29, 0.717) is 10.4 Å². The van der Waals surface area contributed by atoms with Crippen molar-refractivity contribution in [2.75, 3.05) is 0 Å². The molecule has 0 aliphatic carbocycles. The van der Waals surface area contributed by atoms with Crippen LogP contribution in [0.5, 0.6) is 0 Å². The van der Waals surface area contributed by atoms with Gasteiger partial charge in [-0.15, -0.1) is 11.3 Å². The van der Waals surface area contributed by atoms with Crippen molar-refractivity contribution in [3.8, 4) is 10.6 Å². The lowest BCUT2D eigenvalue weighted by Gasteiger charge is -2.01. The highest BCUT2D eigenvalue weighted by molar-refractivity contribution is 7.13. The van der Waals surface area contributed by atoms with Crippen molar-refractivity contribution < 1.29 is 8.78 Å². The second kappa shape index (κ2) is 4.94. The van der Waals surface area contributed by atoms with Crippen molar-refractivity contribution >= 4 is 11.3 Å². The van der Waals surface area contributed by atoms with E-state index in [-0.39, 0.29) is 12.2 Å². The Labute approximate surface area is 98.9 Å². The number of hydrogen-bond donors (Lipinski definition) is 0. The van der Waals surface area contributed by atoms with Crippen LogP contribution in [0.2, 0.25) is 0 Å². The van der Waals surface area contributed by atoms with Gasteiger partial charge in [-0.3, -0.25) is 0 Å². The molecule has 8 heteroatoms. The van der Waals surface area contributed by atoms with Crippen molar-refractivity contribution in [1.29, 1.82) is 0 Å². The van der Waals surface area contributed by atoms with Crippen LogP contribution >= 0.6 is 11.3 Å². The molecular formula is C9H7F2N5S. The maximum atomic E-state index is 12.7. The highest BCUT2D eigenvalue weighted by Crippen LogP contribution is 2.26. The van der Waals surface area contributed by atoms with Crippen LogP contribution in [0.3, 0.4) is 0 Å². The summed E-state index contributed by atoms with van der Waals surface area (Å²) in [4.78, 5) is 3.34. The van der Waals surface area contributed by atoms with Crippen LogP contribution < -0.4 is 0 Å². The van der Waals surface area contributed by atoms with Gasteiger partial charge in [0.15, 0.2) is 0 Å². The predicted molar refractivity (Wildman–Crippen MR) is 59.6 cm³/mol. The first-order valence-electron chi connectivity index (χ1n) is 4.63. The van der Waals surface area contributed by atoms with Crippen molar-refractivity contribution in [3.05, 3.63) is 39.7 Å². The summed E-state index contributed by atoms with van der Waals surface area (Å²) in [6.45, 7) is -2.88. The summed E-state index contributed by atoms with van der Waals surface area (Å²) in [5.74, 6) is 0. The van der Waals surface area contributed by atoms with Gasteiger partial charge in [0.2, 0.25) is 0 Å². The van der Waals surface area contributed by atoms with Crippen LogP contribution in [0.1, 0.15) is 12.2 Å². The molecule has 2 aromatic rings. The van der Waals surface area contributed by atoms with Crippen LogP contribution in [0.4, 0.5) is 8.78 Å². The molecule has 0 saturated carbocycles. The Morgan fingerprint density at radius 2 is 2.41 bits per heavy atom. The molecule has 0 aliphatic heterocycles. The SMILES string of the molecule is [N-]=[N+]=NCc1cc(-c2cccs2)nn1C(F)F. The van der Waals surface area contributed by atoms with Gasteiger partial charge in [0.05, 0.1) is 17.1 Å². The molecule has 5 nitrogen and oxygen atoms in total. The fourth-order valence-electron chi connectivity index (χ4n) is 1.37. The van der Waals surface area contributed by atoms with Crippen LogP contribution in [-0.4, -0.2) is 9.78 Å². The van der Waals surface area contributed by atoms with Crippen LogP contribution in [-0.2, 0) is 6.54 Å². The molecule has 2 heterocycles. The van der Waals surface area contributed by atoms with Crippen LogP contribution in [0.25, 0.3) is 21.0 Å². The molecule has 0 bridgehead atoms. The zero-order chi connectivity index (χ0) is 12.3. The second-order valence-corrected chi connectivity index (χ2v) is 4.06. The average molecular weight is 255 g/mol. The van der Waals surface area contributed by atoms with E-state index in [4.69, 9.17) is 5.53 Å². The lowest BCUT2D eigenvalue weighted by molar-refractivity contribution is 0.0538. The summed E-state index contributed by atoms with van der Waals surface area (Å²) < 4.78 is 25.9. The standard InChI is InChI=1S/C9H7F2N5S/c10-9(11)16-6(5-13-15-12)4-7(14-16)8-2-1-3-17-8/h1-4,9H,5H2. The van der Waals surface area contributed by atoms with Gasteiger partial charge in [-0.25, -0.2) is 4.68 Å². The molecule has 2 rings (SSSR count). The molecule has 0 aliphatic rings. The van der Waals surface area contributed by atoms with E-state index < -0.39 is 6.55 Å². The van der Waals surface area contributed by atoms with Gasteiger partial charge in [-0.1, -0.05) is 11.2 Å². The third-order valence-electron chi connectivity index (χ3n) is 2.07. The zero-order valence-corrected chi connectivity index (χ0v) is 9.31. The quantitative estimate of drug-likeness (QED) is 0.465. The summed E-state index contributed by atoms with van der Waals surface area (Å²) in [7, 11) is 0. The van der Waals surface area contributed by atoms with Gasteiger partial charge in [0.1, 0.15) is 5.69 Å². The lowest BCUT2D eigenvalue weighted by atomic mass is 10.3. The van der Waals surface area contributed by atoms with E-state index in [1.165, 1.54) is 17.4 Å². The number of thiophene rings is 1. The number of alkyl halides is 2. The van der Waals surface area contributed by atoms with Crippen molar-refractivity contribution in [3.63, 3.8) is 0 Å². The van der Waals surface area contributed by atoms with Gasteiger partial charge in [0, 0.05) is 4.91 Å².